The number of hydrogen-bond donors (Lipinski definition) is 1. The highest BCUT2D eigenvalue weighted by molar-refractivity contribution is 5.24. The average molecular weight is 224 g/mol. The topological polar surface area (TPSA) is 64.5 Å². The molecule has 1 aliphatic carbocycles. The summed E-state index contributed by atoms with van der Waals surface area (Å²) in [6.07, 6.45) is 4.03. The van der Waals surface area contributed by atoms with Gasteiger partial charge in [0.25, 0.3) is 0 Å². The van der Waals surface area contributed by atoms with E-state index in [-0.39, 0.29) is 0 Å². The van der Waals surface area contributed by atoms with Crippen LogP contribution >= 0.6 is 0 Å². The Morgan fingerprint density at radius 2 is 2.19 bits per heavy atom. The summed E-state index contributed by atoms with van der Waals surface area (Å²) in [4.78, 5) is 8.23. The van der Waals surface area contributed by atoms with Crippen molar-refractivity contribution in [2.24, 2.45) is 5.92 Å². The maximum atomic E-state index is 9.98. The van der Waals surface area contributed by atoms with Crippen LogP contribution in [0.4, 0.5) is 0 Å². The first kappa shape index (κ1) is 11.1. The quantitative estimate of drug-likeness (QED) is 0.817. The van der Waals surface area contributed by atoms with Crippen molar-refractivity contribution in [3.8, 4) is 11.8 Å². The van der Waals surface area contributed by atoms with Crippen LogP contribution in [0.3, 0.4) is 0 Å². The summed E-state index contributed by atoms with van der Waals surface area (Å²) in [6, 6.07) is 0. The van der Waals surface area contributed by atoms with Crippen molar-refractivity contribution in [3.05, 3.63) is 11.9 Å². The zero-order valence-electron chi connectivity index (χ0n) is 9.51. The molecule has 0 saturated heterocycles. The van der Waals surface area contributed by atoms with Gasteiger partial charge >= 0.3 is 0 Å². The minimum absolute atomic E-state index is 0.340. The van der Waals surface area contributed by atoms with Gasteiger partial charge in [0.15, 0.2) is 0 Å². The van der Waals surface area contributed by atoms with E-state index in [1.807, 2.05) is 0 Å². The van der Waals surface area contributed by atoms with Crippen molar-refractivity contribution >= 4 is 0 Å². The van der Waals surface area contributed by atoms with E-state index in [2.05, 4.69) is 9.97 Å². The molecule has 5 nitrogen and oxygen atoms in total. The molecule has 1 aromatic heterocycles. The van der Waals surface area contributed by atoms with Crippen molar-refractivity contribution in [1.29, 1.82) is 0 Å². The molecular weight excluding hydrogens is 208 g/mol. The summed E-state index contributed by atoms with van der Waals surface area (Å²) in [7, 11) is 3.03. The van der Waals surface area contributed by atoms with Crippen LogP contribution in [-0.4, -0.2) is 29.3 Å². The van der Waals surface area contributed by atoms with Crippen molar-refractivity contribution in [1.82, 2.24) is 9.97 Å². The molecule has 1 heterocycles. The average Bonchev–Trinajstić information content (AvgIpc) is 3.11. The van der Waals surface area contributed by atoms with E-state index < -0.39 is 6.10 Å². The van der Waals surface area contributed by atoms with Crippen LogP contribution in [0.5, 0.6) is 11.8 Å². The van der Waals surface area contributed by atoms with E-state index in [0.717, 1.165) is 6.42 Å². The molecule has 0 radical (unpaired) electrons. The maximum Gasteiger partial charge on any atom is 0.241 e. The third-order valence-corrected chi connectivity index (χ3v) is 2.72. The first-order valence-electron chi connectivity index (χ1n) is 5.37. The number of methoxy groups -OCH3 is 2. The van der Waals surface area contributed by atoms with Crippen LogP contribution in [0.15, 0.2) is 6.20 Å². The second-order valence-corrected chi connectivity index (χ2v) is 4.00. The number of hydrogen-bond acceptors (Lipinski definition) is 5. The SMILES string of the molecule is COc1cnc(C(O)CC2CC2)c(OC)n1. The first-order valence-corrected chi connectivity index (χ1v) is 5.37. The van der Waals surface area contributed by atoms with Gasteiger partial charge in [-0.2, -0.15) is 4.98 Å². The van der Waals surface area contributed by atoms with Gasteiger partial charge in [0, 0.05) is 0 Å². The molecule has 0 aliphatic heterocycles. The number of rotatable bonds is 5. The number of ether oxygens (including phenoxy) is 2. The van der Waals surface area contributed by atoms with Crippen LogP contribution < -0.4 is 9.47 Å². The molecule has 0 amide bonds. The Kier molecular flexibility index (Phi) is 3.24. The molecule has 0 bridgehead atoms. The molecule has 2 rings (SSSR count). The predicted octanol–water partition coefficient (Wildman–Crippen LogP) is 1.33. The van der Waals surface area contributed by atoms with Crippen molar-refractivity contribution in [3.63, 3.8) is 0 Å². The Morgan fingerprint density at radius 1 is 1.44 bits per heavy atom. The lowest BCUT2D eigenvalue weighted by Crippen LogP contribution is -2.06. The number of aliphatic hydroxyl groups excluding tert-OH is 1. The van der Waals surface area contributed by atoms with Gasteiger partial charge in [0.05, 0.1) is 20.4 Å². The number of nitrogens with zero attached hydrogens (tertiary/aromatic N) is 2. The van der Waals surface area contributed by atoms with Gasteiger partial charge in [-0.15, -0.1) is 0 Å². The van der Waals surface area contributed by atoms with Gasteiger partial charge in [0.1, 0.15) is 11.8 Å². The summed E-state index contributed by atoms with van der Waals surface area (Å²) < 4.78 is 10.0. The maximum absolute atomic E-state index is 9.98. The highest BCUT2D eigenvalue weighted by atomic mass is 16.5. The van der Waals surface area contributed by atoms with Crippen LogP contribution in [0.25, 0.3) is 0 Å². The Bertz CT molecular complexity index is 366. The van der Waals surface area contributed by atoms with E-state index in [4.69, 9.17) is 9.47 Å². The summed E-state index contributed by atoms with van der Waals surface area (Å²) in [5.41, 5.74) is 0.496. The van der Waals surface area contributed by atoms with Crippen molar-refractivity contribution < 1.29 is 14.6 Å². The van der Waals surface area contributed by atoms with Gasteiger partial charge in [-0.1, -0.05) is 12.8 Å². The number of aromatic nitrogens is 2. The van der Waals surface area contributed by atoms with Crippen LogP contribution in [0.1, 0.15) is 31.1 Å². The zero-order chi connectivity index (χ0) is 11.5. The molecule has 1 N–H and O–H groups in total. The van der Waals surface area contributed by atoms with E-state index in [0.29, 0.717) is 23.4 Å². The Hall–Kier alpha value is -1.36. The lowest BCUT2D eigenvalue weighted by Gasteiger charge is -2.12. The molecule has 1 fully saturated rings. The predicted molar refractivity (Wildman–Crippen MR) is 57.4 cm³/mol. The molecule has 0 aromatic carbocycles. The molecule has 1 saturated carbocycles. The Morgan fingerprint density at radius 3 is 2.75 bits per heavy atom. The number of aliphatic hydroxyl groups is 1. The largest absolute Gasteiger partial charge is 0.480 e. The molecule has 88 valence electrons. The molecule has 5 heteroatoms. The third-order valence-electron chi connectivity index (χ3n) is 2.72. The van der Waals surface area contributed by atoms with E-state index in [9.17, 15) is 5.11 Å². The lowest BCUT2D eigenvalue weighted by atomic mass is 10.1. The smallest absolute Gasteiger partial charge is 0.241 e. The first-order chi connectivity index (χ1) is 7.74. The van der Waals surface area contributed by atoms with Crippen molar-refractivity contribution in [2.75, 3.05) is 14.2 Å². The highest BCUT2D eigenvalue weighted by Crippen LogP contribution is 2.38. The van der Waals surface area contributed by atoms with Crippen LogP contribution in [-0.2, 0) is 0 Å². The summed E-state index contributed by atoms with van der Waals surface area (Å²) in [5, 5.41) is 9.98. The van der Waals surface area contributed by atoms with Gasteiger partial charge < -0.3 is 14.6 Å². The van der Waals surface area contributed by atoms with Gasteiger partial charge in [-0.05, 0) is 12.3 Å². The van der Waals surface area contributed by atoms with Crippen LogP contribution in [0.2, 0.25) is 0 Å². The zero-order valence-corrected chi connectivity index (χ0v) is 9.51. The Labute approximate surface area is 94.4 Å². The highest BCUT2D eigenvalue weighted by Gasteiger charge is 2.27. The minimum atomic E-state index is -0.596. The molecule has 0 spiro atoms. The normalized spacial score (nSPS) is 16.9. The fraction of sp³-hybridized carbons (Fsp3) is 0.636. The van der Waals surface area contributed by atoms with E-state index in [1.54, 1.807) is 0 Å². The second kappa shape index (κ2) is 4.65. The van der Waals surface area contributed by atoms with Gasteiger partial charge in [0.2, 0.25) is 11.8 Å². The molecular formula is C11H16N2O3. The standard InChI is InChI=1S/C11H16N2O3/c1-15-9-6-12-10(11(13-9)16-2)8(14)5-7-3-4-7/h6-8,14H,3-5H2,1-2H3. The summed E-state index contributed by atoms with van der Waals surface area (Å²) >= 11 is 0. The van der Waals surface area contributed by atoms with Crippen molar-refractivity contribution in [2.45, 2.75) is 25.4 Å². The lowest BCUT2D eigenvalue weighted by molar-refractivity contribution is 0.150. The summed E-state index contributed by atoms with van der Waals surface area (Å²) in [6.45, 7) is 0. The fourth-order valence-electron chi connectivity index (χ4n) is 1.62. The molecule has 1 aromatic rings. The Balaban J connectivity index is 2.17. The molecule has 1 atom stereocenters. The third kappa shape index (κ3) is 2.41. The van der Waals surface area contributed by atoms with Gasteiger partial charge in [-0.25, -0.2) is 4.98 Å². The van der Waals surface area contributed by atoms with E-state index in [1.165, 1.54) is 33.3 Å². The molecule has 1 aliphatic rings. The van der Waals surface area contributed by atoms with Crippen LogP contribution in [0, 0.1) is 5.92 Å². The van der Waals surface area contributed by atoms with E-state index >= 15 is 0 Å². The second-order valence-electron chi connectivity index (χ2n) is 4.00. The molecule has 1 unspecified atom stereocenters. The van der Waals surface area contributed by atoms with Gasteiger partial charge in [-0.3, -0.25) is 0 Å². The minimum Gasteiger partial charge on any atom is -0.480 e. The summed E-state index contributed by atoms with van der Waals surface area (Å²) in [5.74, 6) is 1.36. The fourth-order valence-corrected chi connectivity index (χ4v) is 1.62. The molecule has 16 heavy (non-hydrogen) atoms. The monoisotopic (exact) mass is 224 g/mol.